The fourth-order valence-corrected chi connectivity index (χ4v) is 1.33. The van der Waals surface area contributed by atoms with E-state index in [1.807, 2.05) is 0 Å². The molecule has 0 atom stereocenters. The number of nitrogens with zero attached hydrogens (tertiary/aromatic N) is 1. The SMILES string of the molecule is CC[N+](C)(C(C)C)C(C)C.F[B-](F)(F)F. The number of hydrogen-bond acceptors (Lipinski definition) is 0. The van der Waals surface area contributed by atoms with Crippen LogP contribution in [0, 0.1) is 0 Å². The van der Waals surface area contributed by atoms with Gasteiger partial charge in [-0.2, -0.15) is 0 Å². The zero-order valence-corrected chi connectivity index (χ0v) is 10.4. The highest BCUT2D eigenvalue weighted by atomic mass is 19.5. The van der Waals surface area contributed by atoms with Crippen LogP contribution in [0.1, 0.15) is 34.6 Å². The Hall–Kier alpha value is -0.255. The summed E-state index contributed by atoms with van der Waals surface area (Å²) in [5.74, 6) is 0. The first-order valence-corrected chi connectivity index (χ1v) is 5.17. The maximum atomic E-state index is 9.75. The fraction of sp³-hybridized carbons (Fsp3) is 1.00. The molecule has 0 unspecified atom stereocenters. The minimum Gasteiger partial charge on any atom is -0.418 e. The van der Waals surface area contributed by atoms with E-state index >= 15 is 0 Å². The van der Waals surface area contributed by atoms with Crippen LogP contribution < -0.4 is 0 Å². The molecule has 0 spiro atoms. The number of quaternary nitrogens is 1. The van der Waals surface area contributed by atoms with Gasteiger partial charge in [-0.1, -0.05) is 0 Å². The quantitative estimate of drug-likeness (QED) is 0.395. The predicted molar refractivity (Wildman–Crippen MR) is 57.2 cm³/mol. The van der Waals surface area contributed by atoms with Crippen LogP contribution in [0.15, 0.2) is 0 Å². The van der Waals surface area contributed by atoms with Crippen LogP contribution in [0.5, 0.6) is 0 Å². The predicted octanol–water partition coefficient (Wildman–Crippen LogP) is 3.57. The zero-order chi connectivity index (χ0) is 12.9. The van der Waals surface area contributed by atoms with Crippen LogP contribution in [0.4, 0.5) is 17.3 Å². The Morgan fingerprint density at radius 1 is 0.933 bits per heavy atom. The Labute approximate surface area is 90.2 Å². The summed E-state index contributed by atoms with van der Waals surface area (Å²) in [5.41, 5.74) is 0. The summed E-state index contributed by atoms with van der Waals surface area (Å²) in [6.45, 7) is 12.7. The molecule has 1 nitrogen and oxygen atoms in total. The van der Waals surface area contributed by atoms with Crippen molar-refractivity contribution in [3.8, 4) is 0 Å². The Balaban J connectivity index is 0. The molecule has 0 aliphatic rings. The van der Waals surface area contributed by atoms with E-state index in [4.69, 9.17) is 0 Å². The van der Waals surface area contributed by atoms with E-state index in [2.05, 4.69) is 41.7 Å². The van der Waals surface area contributed by atoms with Gasteiger partial charge in [0.05, 0.1) is 25.7 Å². The van der Waals surface area contributed by atoms with Crippen molar-refractivity contribution in [3.63, 3.8) is 0 Å². The summed E-state index contributed by atoms with van der Waals surface area (Å²) < 4.78 is 40.2. The lowest BCUT2D eigenvalue weighted by molar-refractivity contribution is -0.947. The van der Waals surface area contributed by atoms with Crippen molar-refractivity contribution < 1.29 is 21.7 Å². The first-order valence-electron chi connectivity index (χ1n) is 5.17. The highest BCUT2D eigenvalue weighted by Crippen LogP contribution is 2.14. The van der Waals surface area contributed by atoms with Gasteiger partial charge in [0.1, 0.15) is 0 Å². The second-order valence-electron chi connectivity index (χ2n) is 4.35. The van der Waals surface area contributed by atoms with Gasteiger partial charge in [0, 0.05) is 0 Å². The van der Waals surface area contributed by atoms with Crippen LogP contribution in [-0.2, 0) is 0 Å². The maximum Gasteiger partial charge on any atom is 0.673 e. The smallest absolute Gasteiger partial charge is 0.418 e. The normalized spacial score (nSPS) is 12.8. The second kappa shape index (κ2) is 6.35. The average molecular weight is 231 g/mol. The average Bonchev–Trinajstić information content (AvgIpc) is 1.98. The van der Waals surface area contributed by atoms with Gasteiger partial charge in [0.2, 0.25) is 0 Å². The van der Waals surface area contributed by atoms with E-state index in [0.717, 1.165) is 12.1 Å². The van der Waals surface area contributed by atoms with Gasteiger partial charge in [0.15, 0.2) is 0 Å². The van der Waals surface area contributed by atoms with E-state index < -0.39 is 7.25 Å². The van der Waals surface area contributed by atoms with Crippen LogP contribution in [0.2, 0.25) is 0 Å². The van der Waals surface area contributed by atoms with Gasteiger partial charge >= 0.3 is 7.25 Å². The van der Waals surface area contributed by atoms with E-state index in [0.29, 0.717) is 0 Å². The number of halogens is 4. The third-order valence-electron chi connectivity index (χ3n) is 3.04. The summed E-state index contributed by atoms with van der Waals surface area (Å²) in [4.78, 5) is 0. The Morgan fingerprint density at radius 2 is 1.13 bits per heavy atom. The second-order valence-corrected chi connectivity index (χ2v) is 4.35. The standard InChI is InChI=1S/C9H22N.BF4/c1-7-10(6,8(2)3)9(4)5;2-1(3,4)5/h8-9H,7H2,1-6H3;/q+1;-1. The molecule has 0 saturated heterocycles. The summed E-state index contributed by atoms with van der Waals surface area (Å²) in [6.07, 6.45) is 0. The van der Waals surface area contributed by atoms with E-state index in [1.165, 1.54) is 11.0 Å². The van der Waals surface area contributed by atoms with E-state index in [-0.39, 0.29) is 0 Å². The Morgan fingerprint density at radius 3 is 1.13 bits per heavy atom. The van der Waals surface area contributed by atoms with Crippen molar-refractivity contribution in [2.24, 2.45) is 0 Å². The molecule has 0 heterocycles. The molecule has 0 saturated carbocycles. The van der Waals surface area contributed by atoms with Gasteiger partial charge in [0.25, 0.3) is 0 Å². The largest absolute Gasteiger partial charge is 0.673 e. The highest BCUT2D eigenvalue weighted by Gasteiger charge is 2.26. The van der Waals surface area contributed by atoms with Gasteiger partial charge in [-0.15, -0.1) is 0 Å². The molecule has 94 valence electrons. The summed E-state index contributed by atoms with van der Waals surface area (Å²) in [5, 5.41) is 0. The molecule has 0 amide bonds. The molecule has 0 aromatic rings. The molecular formula is C9H22BF4N. The third-order valence-corrected chi connectivity index (χ3v) is 3.04. The lowest BCUT2D eigenvalue weighted by Gasteiger charge is -2.41. The third kappa shape index (κ3) is 8.72. The highest BCUT2D eigenvalue weighted by molar-refractivity contribution is 6.50. The van der Waals surface area contributed by atoms with Gasteiger partial charge in [-0.25, -0.2) is 0 Å². The first-order chi connectivity index (χ1) is 6.45. The molecule has 0 bridgehead atoms. The van der Waals surface area contributed by atoms with Crippen LogP contribution in [-0.4, -0.2) is 37.4 Å². The van der Waals surface area contributed by atoms with Crippen LogP contribution in [0.3, 0.4) is 0 Å². The van der Waals surface area contributed by atoms with Crippen molar-refractivity contribution in [2.45, 2.75) is 46.7 Å². The van der Waals surface area contributed by atoms with E-state index in [9.17, 15) is 17.3 Å². The van der Waals surface area contributed by atoms with E-state index in [1.54, 1.807) is 0 Å². The molecule has 15 heavy (non-hydrogen) atoms. The lowest BCUT2D eigenvalue weighted by atomic mass is 10.2. The lowest BCUT2D eigenvalue weighted by Crippen LogP contribution is -2.54. The van der Waals surface area contributed by atoms with Gasteiger partial charge < -0.3 is 21.7 Å². The van der Waals surface area contributed by atoms with Crippen molar-refractivity contribution in [3.05, 3.63) is 0 Å². The fourth-order valence-electron chi connectivity index (χ4n) is 1.33. The summed E-state index contributed by atoms with van der Waals surface area (Å²) in [7, 11) is -3.67. The van der Waals surface area contributed by atoms with Gasteiger partial charge in [-0.3, -0.25) is 0 Å². The summed E-state index contributed by atoms with van der Waals surface area (Å²) in [6, 6.07) is 1.48. The topological polar surface area (TPSA) is 0 Å². The maximum absolute atomic E-state index is 9.75. The Kier molecular flexibility index (Phi) is 7.26. The van der Waals surface area contributed by atoms with Crippen molar-refractivity contribution >= 4 is 7.25 Å². The monoisotopic (exact) mass is 231 g/mol. The molecule has 6 heteroatoms. The molecule has 0 radical (unpaired) electrons. The van der Waals surface area contributed by atoms with Crippen LogP contribution >= 0.6 is 0 Å². The van der Waals surface area contributed by atoms with Crippen molar-refractivity contribution in [2.75, 3.05) is 13.6 Å². The zero-order valence-electron chi connectivity index (χ0n) is 10.4. The first kappa shape index (κ1) is 17.1. The minimum atomic E-state index is -6.00. The van der Waals surface area contributed by atoms with Crippen molar-refractivity contribution in [1.82, 2.24) is 0 Å². The molecule has 0 fully saturated rings. The van der Waals surface area contributed by atoms with Crippen molar-refractivity contribution in [1.29, 1.82) is 0 Å². The molecule has 0 N–H and O–H groups in total. The van der Waals surface area contributed by atoms with Crippen LogP contribution in [0.25, 0.3) is 0 Å². The molecule has 0 aliphatic heterocycles. The Bertz CT molecular complexity index is 154. The molecule has 0 aliphatic carbocycles. The minimum absolute atomic E-state index is 0.741. The molecule has 0 rings (SSSR count). The molecular weight excluding hydrogens is 209 g/mol. The molecule has 0 aromatic heterocycles. The number of hydrogen-bond donors (Lipinski definition) is 0. The number of rotatable bonds is 3. The summed E-state index contributed by atoms with van der Waals surface area (Å²) >= 11 is 0. The molecule has 0 aromatic carbocycles. The van der Waals surface area contributed by atoms with Gasteiger partial charge in [-0.05, 0) is 34.6 Å².